The van der Waals surface area contributed by atoms with Crippen molar-refractivity contribution in [3.8, 4) is 5.75 Å². The van der Waals surface area contributed by atoms with Crippen molar-refractivity contribution in [2.75, 3.05) is 19.8 Å². The molecule has 1 aromatic carbocycles. The zero-order chi connectivity index (χ0) is 28.2. The second kappa shape index (κ2) is 11.9. The van der Waals surface area contributed by atoms with E-state index >= 15 is 0 Å². The van der Waals surface area contributed by atoms with Crippen molar-refractivity contribution in [2.45, 2.75) is 69.5 Å². The second-order valence-electron chi connectivity index (χ2n) is 9.75. The number of aliphatic hydroxyl groups is 1. The number of benzene rings is 1. The molecular formula is C25H29F5N4O5. The molecule has 0 bridgehead atoms. The van der Waals surface area contributed by atoms with Crippen LogP contribution < -0.4 is 15.4 Å². The van der Waals surface area contributed by atoms with Gasteiger partial charge in [-0.3, -0.25) is 14.3 Å². The number of hydrogen-bond acceptors (Lipinski definition) is 6. The third kappa shape index (κ3) is 8.12. The molecule has 1 aliphatic heterocycles. The molecule has 1 aromatic heterocycles. The topological polar surface area (TPSA) is 115 Å². The molecule has 1 unspecified atom stereocenters. The number of nitrogens with one attached hydrogen (secondary N) is 2. The minimum absolute atomic E-state index is 0.0102. The number of aromatic nitrogens is 2. The van der Waals surface area contributed by atoms with Crippen molar-refractivity contribution < 1.29 is 46.1 Å². The van der Waals surface area contributed by atoms with Gasteiger partial charge in [0.15, 0.2) is 6.61 Å². The molecule has 1 saturated carbocycles. The van der Waals surface area contributed by atoms with Gasteiger partial charge in [-0.05, 0) is 49.8 Å². The first-order valence-corrected chi connectivity index (χ1v) is 12.5. The maximum atomic E-state index is 13.1. The Morgan fingerprint density at radius 3 is 2.77 bits per heavy atom. The van der Waals surface area contributed by atoms with Crippen LogP contribution in [0.15, 0.2) is 24.3 Å². The van der Waals surface area contributed by atoms with E-state index < -0.39 is 36.8 Å². The van der Waals surface area contributed by atoms with E-state index in [2.05, 4.69) is 20.5 Å². The van der Waals surface area contributed by atoms with Crippen LogP contribution >= 0.6 is 0 Å². The summed E-state index contributed by atoms with van der Waals surface area (Å²) in [4.78, 5) is 26.1. The van der Waals surface area contributed by atoms with Crippen LogP contribution in [0.2, 0.25) is 0 Å². The normalized spacial score (nSPS) is 18.0. The van der Waals surface area contributed by atoms with E-state index in [1.807, 2.05) is 0 Å². The van der Waals surface area contributed by atoms with E-state index in [0.29, 0.717) is 31.4 Å². The Balaban J connectivity index is 1.43. The van der Waals surface area contributed by atoms with E-state index in [9.17, 15) is 36.6 Å². The fourth-order valence-corrected chi connectivity index (χ4v) is 4.33. The van der Waals surface area contributed by atoms with Crippen molar-refractivity contribution in [3.05, 3.63) is 46.8 Å². The van der Waals surface area contributed by atoms with Gasteiger partial charge in [-0.15, -0.1) is 0 Å². The Morgan fingerprint density at radius 1 is 1.31 bits per heavy atom. The van der Waals surface area contributed by atoms with Gasteiger partial charge in [0.2, 0.25) is 0 Å². The van der Waals surface area contributed by atoms with Crippen LogP contribution in [0.3, 0.4) is 0 Å². The lowest BCUT2D eigenvalue weighted by Gasteiger charge is -2.23. The minimum atomic E-state index is -4.45. The van der Waals surface area contributed by atoms with E-state index in [4.69, 9.17) is 4.74 Å². The zero-order valence-corrected chi connectivity index (χ0v) is 20.9. The van der Waals surface area contributed by atoms with Crippen LogP contribution in [0.25, 0.3) is 0 Å². The quantitative estimate of drug-likeness (QED) is 0.257. The molecule has 14 heteroatoms. The highest BCUT2D eigenvalue weighted by Gasteiger charge is 2.41. The number of carbonyl (C=O) groups excluding carboxylic acids is 2. The summed E-state index contributed by atoms with van der Waals surface area (Å²) in [6, 6.07) is 5.90. The molecule has 0 saturated heterocycles. The van der Waals surface area contributed by atoms with Gasteiger partial charge in [0.05, 0.1) is 23.5 Å². The predicted molar refractivity (Wildman–Crippen MR) is 127 cm³/mol. The summed E-state index contributed by atoms with van der Waals surface area (Å²) in [6.45, 7) is -4.54. The van der Waals surface area contributed by atoms with E-state index in [1.165, 1.54) is 16.8 Å². The Hall–Kier alpha value is -3.26. The molecule has 2 aliphatic rings. The number of rotatable bonds is 13. The second-order valence-corrected chi connectivity index (χ2v) is 9.75. The fourth-order valence-electron chi connectivity index (χ4n) is 4.33. The third-order valence-electron chi connectivity index (χ3n) is 6.49. The molecule has 3 N–H and O–H groups in total. The zero-order valence-electron chi connectivity index (χ0n) is 20.9. The average molecular weight is 561 g/mol. The SMILES string of the molecule is O=C1NC(CCc2cccc(OCC(F)(F)F)c2)Cc2nn(CCCOC(F)F)c(C(=O)NCC3(O)CC3)c21. The molecule has 0 radical (unpaired) electrons. The van der Waals surface area contributed by atoms with Crippen LogP contribution in [0.1, 0.15) is 57.8 Å². The average Bonchev–Trinajstić information content (AvgIpc) is 3.49. The van der Waals surface area contributed by atoms with Gasteiger partial charge < -0.3 is 25.2 Å². The van der Waals surface area contributed by atoms with Gasteiger partial charge >= 0.3 is 12.8 Å². The lowest BCUT2D eigenvalue weighted by molar-refractivity contribution is -0.153. The lowest BCUT2D eigenvalue weighted by Crippen LogP contribution is -2.43. The first-order valence-electron chi connectivity index (χ1n) is 12.5. The van der Waals surface area contributed by atoms with Gasteiger partial charge in [0, 0.05) is 25.6 Å². The Morgan fingerprint density at radius 2 is 2.08 bits per heavy atom. The molecule has 1 aliphatic carbocycles. The van der Waals surface area contributed by atoms with Gasteiger partial charge in [-0.25, -0.2) is 0 Å². The molecule has 214 valence electrons. The lowest BCUT2D eigenvalue weighted by atomic mass is 9.95. The number of amides is 2. The molecule has 0 spiro atoms. The van der Waals surface area contributed by atoms with Gasteiger partial charge in [0.25, 0.3) is 11.8 Å². The van der Waals surface area contributed by atoms with E-state index in [-0.39, 0.29) is 55.6 Å². The number of halogens is 5. The summed E-state index contributed by atoms with van der Waals surface area (Å²) >= 11 is 0. The van der Waals surface area contributed by atoms with Gasteiger partial charge in [0.1, 0.15) is 11.4 Å². The number of carbonyl (C=O) groups is 2. The van der Waals surface area contributed by atoms with Crippen LogP contribution in [0.4, 0.5) is 22.0 Å². The monoisotopic (exact) mass is 560 g/mol. The van der Waals surface area contributed by atoms with Crippen molar-refractivity contribution in [3.63, 3.8) is 0 Å². The van der Waals surface area contributed by atoms with Crippen LogP contribution in [0, 0.1) is 0 Å². The van der Waals surface area contributed by atoms with Crippen LogP contribution in [-0.2, 0) is 24.1 Å². The Labute approximate surface area is 220 Å². The summed E-state index contributed by atoms with van der Waals surface area (Å²) < 4.78 is 72.3. The highest BCUT2D eigenvalue weighted by molar-refractivity contribution is 6.07. The molecule has 9 nitrogen and oxygen atoms in total. The highest BCUT2D eigenvalue weighted by atomic mass is 19.4. The fraction of sp³-hybridized carbons (Fsp3) is 0.560. The first-order chi connectivity index (χ1) is 18.4. The number of aryl methyl sites for hydroxylation is 2. The smallest absolute Gasteiger partial charge is 0.422 e. The molecule has 1 atom stereocenters. The Bertz CT molecular complexity index is 1180. The first kappa shape index (κ1) is 28.7. The standard InChI is InChI=1S/C25H29F5N4O5/c26-23(27)38-10-2-9-34-20(22(36)31-13-24(37)7-8-24)19-18(33-34)12-16(32-21(19)35)6-5-15-3-1-4-17(11-15)39-14-25(28,29)30/h1,3-4,11,16,23,37H,2,5-10,12-14H2,(H,31,36)(H,32,35). The maximum absolute atomic E-state index is 13.1. The van der Waals surface area contributed by atoms with Gasteiger partial charge in [-0.1, -0.05) is 12.1 Å². The number of hydrogen-bond donors (Lipinski definition) is 3. The predicted octanol–water partition coefficient (Wildman–Crippen LogP) is 3.00. The summed E-state index contributed by atoms with van der Waals surface area (Å²) in [5.74, 6) is -1.04. The molecule has 2 heterocycles. The van der Waals surface area contributed by atoms with Crippen molar-refractivity contribution in [2.24, 2.45) is 0 Å². The molecule has 1 fully saturated rings. The van der Waals surface area contributed by atoms with E-state index in [0.717, 1.165) is 5.56 Å². The number of fused-ring (bicyclic) bond motifs is 1. The molecular weight excluding hydrogens is 531 g/mol. The van der Waals surface area contributed by atoms with Crippen LogP contribution in [0.5, 0.6) is 5.75 Å². The molecule has 39 heavy (non-hydrogen) atoms. The summed E-state index contributed by atoms with van der Waals surface area (Å²) in [5.41, 5.74) is 0.197. The van der Waals surface area contributed by atoms with E-state index in [1.54, 1.807) is 12.1 Å². The van der Waals surface area contributed by atoms with Crippen molar-refractivity contribution in [1.82, 2.24) is 20.4 Å². The van der Waals surface area contributed by atoms with Crippen molar-refractivity contribution >= 4 is 11.8 Å². The summed E-state index contributed by atoms with van der Waals surface area (Å²) in [6.07, 6.45) is -2.07. The summed E-state index contributed by atoms with van der Waals surface area (Å²) in [5, 5.41) is 20.0. The summed E-state index contributed by atoms with van der Waals surface area (Å²) in [7, 11) is 0. The highest BCUT2D eigenvalue weighted by Crippen LogP contribution is 2.34. The largest absolute Gasteiger partial charge is 0.484 e. The molecule has 4 rings (SSSR count). The number of ether oxygens (including phenoxy) is 2. The minimum Gasteiger partial charge on any atom is -0.484 e. The number of alkyl halides is 5. The molecule has 2 aromatic rings. The van der Waals surface area contributed by atoms with Gasteiger partial charge in [-0.2, -0.15) is 27.1 Å². The maximum Gasteiger partial charge on any atom is 0.422 e. The molecule has 2 amide bonds. The Kier molecular flexibility index (Phi) is 8.74. The number of nitrogens with zero attached hydrogens (tertiary/aromatic N) is 2. The van der Waals surface area contributed by atoms with Crippen molar-refractivity contribution in [1.29, 1.82) is 0 Å². The van der Waals surface area contributed by atoms with Crippen LogP contribution in [-0.4, -0.2) is 70.9 Å². The third-order valence-corrected chi connectivity index (χ3v) is 6.49.